The van der Waals surface area contributed by atoms with Gasteiger partial charge in [0.15, 0.2) is 0 Å². The average molecular weight is 254 g/mol. The zero-order chi connectivity index (χ0) is 13.0. The topological polar surface area (TPSA) is 43.8 Å². The highest BCUT2D eigenvalue weighted by Crippen LogP contribution is 2.26. The molecule has 1 saturated heterocycles. The lowest BCUT2D eigenvalue weighted by molar-refractivity contribution is -0.131. The molecule has 2 aliphatic rings. The van der Waals surface area contributed by atoms with Crippen molar-refractivity contribution >= 4 is 5.91 Å². The van der Waals surface area contributed by atoms with E-state index in [-0.39, 0.29) is 0 Å². The van der Waals surface area contributed by atoms with Crippen molar-refractivity contribution in [2.75, 3.05) is 33.3 Å². The van der Waals surface area contributed by atoms with Gasteiger partial charge in [0, 0.05) is 25.7 Å². The lowest BCUT2D eigenvalue weighted by Gasteiger charge is -2.34. The number of carbonyl (C=O) groups is 1. The molecule has 0 spiro atoms. The molecule has 0 aromatic carbocycles. The number of hydrogen-bond donors (Lipinski definition) is 1. The first-order chi connectivity index (χ1) is 8.70. The number of carbonyl (C=O) groups excluding carboxylic acids is 1. The van der Waals surface area contributed by atoms with E-state index in [0.29, 0.717) is 31.0 Å². The Labute approximate surface area is 110 Å². The largest absolute Gasteiger partial charge is 0.396 e. The van der Waals surface area contributed by atoms with Crippen LogP contribution >= 0.6 is 0 Å². The maximum atomic E-state index is 12.1. The molecular weight excluding hydrogens is 228 g/mol. The van der Waals surface area contributed by atoms with Gasteiger partial charge in [0.25, 0.3) is 0 Å². The number of rotatable bonds is 4. The van der Waals surface area contributed by atoms with Crippen LogP contribution in [0.25, 0.3) is 0 Å². The monoisotopic (exact) mass is 254 g/mol. The summed E-state index contributed by atoms with van der Waals surface area (Å²) < 4.78 is 0. The fraction of sp³-hybridized carbons (Fsp3) is 0.929. The molecule has 4 heteroatoms. The minimum Gasteiger partial charge on any atom is -0.396 e. The summed E-state index contributed by atoms with van der Waals surface area (Å²) in [6.45, 7) is 2.78. The van der Waals surface area contributed by atoms with Crippen LogP contribution in [0.2, 0.25) is 0 Å². The van der Waals surface area contributed by atoms with Crippen molar-refractivity contribution in [3.8, 4) is 0 Å². The average Bonchev–Trinajstić information content (AvgIpc) is 2.92. The molecular formula is C14H26N2O2. The number of aliphatic hydroxyl groups is 1. The Morgan fingerprint density at radius 3 is 2.39 bits per heavy atom. The number of hydrogen-bond acceptors (Lipinski definition) is 3. The molecule has 0 bridgehead atoms. The Kier molecular flexibility index (Phi) is 5.01. The van der Waals surface area contributed by atoms with Crippen molar-refractivity contribution in [2.24, 2.45) is 5.92 Å². The molecule has 1 saturated carbocycles. The van der Waals surface area contributed by atoms with Crippen LogP contribution in [0.4, 0.5) is 0 Å². The van der Waals surface area contributed by atoms with Crippen LogP contribution in [0.15, 0.2) is 0 Å². The van der Waals surface area contributed by atoms with Gasteiger partial charge in [-0.3, -0.25) is 9.69 Å². The molecule has 1 aliphatic heterocycles. The fourth-order valence-electron chi connectivity index (χ4n) is 3.18. The summed E-state index contributed by atoms with van der Waals surface area (Å²) in [5, 5.41) is 9.13. The minimum absolute atomic E-state index is 0.291. The molecule has 4 nitrogen and oxygen atoms in total. The first-order valence-corrected chi connectivity index (χ1v) is 7.29. The molecule has 18 heavy (non-hydrogen) atoms. The van der Waals surface area contributed by atoms with Crippen LogP contribution in [-0.4, -0.2) is 60.1 Å². The summed E-state index contributed by atoms with van der Waals surface area (Å²) in [6.07, 6.45) is 6.77. The van der Waals surface area contributed by atoms with Gasteiger partial charge in [-0.2, -0.15) is 0 Å². The van der Waals surface area contributed by atoms with Crippen molar-refractivity contribution in [1.29, 1.82) is 0 Å². The van der Waals surface area contributed by atoms with Gasteiger partial charge in [-0.25, -0.2) is 0 Å². The molecule has 1 amide bonds. The number of aliphatic hydroxyl groups excluding tert-OH is 1. The smallest absolute Gasteiger partial charge is 0.236 e. The van der Waals surface area contributed by atoms with Crippen molar-refractivity contribution in [3.63, 3.8) is 0 Å². The van der Waals surface area contributed by atoms with Gasteiger partial charge in [0.2, 0.25) is 5.91 Å². The quantitative estimate of drug-likeness (QED) is 0.817. The van der Waals surface area contributed by atoms with Crippen LogP contribution in [0.3, 0.4) is 0 Å². The second-order valence-corrected chi connectivity index (χ2v) is 5.86. The van der Waals surface area contributed by atoms with E-state index in [9.17, 15) is 4.79 Å². The van der Waals surface area contributed by atoms with E-state index >= 15 is 0 Å². The summed E-state index contributed by atoms with van der Waals surface area (Å²) in [6, 6.07) is 0.527. The summed E-state index contributed by atoms with van der Waals surface area (Å²) in [5.74, 6) is 0.781. The summed E-state index contributed by atoms with van der Waals surface area (Å²) >= 11 is 0. The normalized spacial score (nSPS) is 28.9. The van der Waals surface area contributed by atoms with E-state index in [1.54, 1.807) is 0 Å². The van der Waals surface area contributed by atoms with E-state index in [2.05, 4.69) is 11.9 Å². The zero-order valence-corrected chi connectivity index (χ0v) is 11.5. The van der Waals surface area contributed by atoms with Crippen molar-refractivity contribution in [1.82, 2.24) is 9.80 Å². The number of likely N-dealkylation sites (N-methyl/N-ethyl adjacent to an activating group) is 1. The van der Waals surface area contributed by atoms with Crippen LogP contribution in [0, 0.1) is 5.92 Å². The minimum atomic E-state index is 0.291. The van der Waals surface area contributed by atoms with Gasteiger partial charge in [-0.1, -0.05) is 0 Å². The van der Waals surface area contributed by atoms with Gasteiger partial charge >= 0.3 is 0 Å². The molecule has 0 aromatic heterocycles. The maximum Gasteiger partial charge on any atom is 0.236 e. The van der Waals surface area contributed by atoms with Crippen LogP contribution < -0.4 is 0 Å². The Morgan fingerprint density at radius 1 is 1.22 bits per heavy atom. The van der Waals surface area contributed by atoms with Gasteiger partial charge < -0.3 is 10.0 Å². The molecule has 1 heterocycles. The first kappa shape index (κ1) is 13.8. The van der Waals surface area contributed by atoms with Crippen LogP contribution in [0.5, 0.6) is 0 Å². The third-order valence-corrected chi connectivity index (χ3v) is 4.54. The van der Waals surface area contributed by atoms with E-state index in [1.807, 2.05) is 4.90 Å². The van der Waals surface area contributed by atoms with Gasteiger partial charge in [-0.15, -0.1) is 0 Å². The molecule has 104 valence electrons. The van der Waals surface area contributed by atoms with E-state index in [4.69, 9.17) is 5.11 Å². The third-order valence-electron chi connectivity index (χ3n) is 4.54. The van der Waals surface area contributed by atoms with Gasteiger partial charge in [0.05, 0.1) is 6.54 Å². The predicted octanol–water partition coefficient (Wildman–Crippen LogP) is 1.09. The number of likely N-dealkylation sites (tertiary alicyclic amines) is 1. The van der Waals surface area contributed by atoms with Crippen LogP contribution in [0.1, 0.15) is 38.5 Å². The standard InChI is InChI=1S/C14H26N2O2/c1-15(10-14(18)16-8-2-3-9-16)13-6-4-12(11-17)5-7-13/h12-13,17H,2-11H2,1H3. The van der Waals surface area contributed by atoms with Crippen molar-refractivity contribution in [2.45, 2.75) is 44.6 Å². The molecule has 1 N–H and O–H groups in total. The second kappa shape index (κ2) is 6.53. The Hall–Kier alpha value is -0.610. The maximum absolute atomic E-state index is 12.1. The van der Waals surface area contributed by atoms with Crippen molar-refractivity contribution < 1.29 is 9.90 Å². The summed E-state index contributed by atoms with van der Waals surface area (Å²) in [5.41, 5.74) is 0. The molecule has 1 aliphatic carbocycles. The fourth-order valence-corrected chi connectivity index (χ4v) is 3.18. The highest BCUT2D eigenvalue weighted by Gasteiger charge is 2.26. The summed E-state index contributed by atoms with van der Waals surface area (Å²) in [4.78, 5) is 16.3. The molecule has 0 radical (unpaired) electrons. The van der Waals surface area contributed by atoms with Crippen molar-refractivity contribution in [3.05, 3.63) is 0 Å². The Morgan fingerprint density at radius 2 is 1.83 bits per heavy atom. The molecule has 0 atom stereocenters. The number of amides is 1. The lowest BCUT2D eigenvalue weighted by Crippen LogP contribution is -2.43. The van der Waals surface area contributed by atoms with Crippen LogP contribution in [-0.2, 0) is 4.79 Å². The van der Waals surface area contributed by atoms with Gasteiger partial charge in [0.1, 0.15) is 0 Å². The zero-order valence-electron chi connectivity index (χ0n) is 11.5. The molecule has 0 aromatic rings. The molecule has 2 fully saturated rings. The highest BCUT2D eigenvalue weighted by molar-refractivity contribution is 5.78. The summed E-state index contributed by atoms with van der Waals surface area (Å²) in [7, 11) is 2.07. The van der Waals surface area contributed by atoms with E-state index < -0.39 is 0 Å². The van der Waals surface area contributed by atoms with E-state index in [1.165, 1.54) is 0 Å². The highest BCUT2D eigenvalue weighted by atomic mass is 16.3. The van der Waals surface area contributed by atoms with E-state index in [0.717, 1.165) is 51.6 Å². The Balaban J connectivity index is 1.74. The van der Waals surface area contributed by atoms with Gasteiger partial charge in [-0.05, 0) is 51.5 Å². The molecule has 0 unspecified atom stereocenters. The first-order valence-electron chi connectivity index (χ1n) is 7.29. The second-order valence-electron chi connectivity index (χ2n) is 5.86. The Bertz CT molecular complexity index is 269. The predicted molar refractivity (Wildman–Crippen MR) is 71.3 cm³/mol. The lowest BCUT2D eigenvalue weighted by atomic mass is 9.86. The number of nitrogens with zero attached hydrogens (tertiary/aromatic N) is 2. The third kappa shape index (κ3) is 3.45. The molecule has 2 rings (SSSR count). The SMILES string of the molecule is CN(CC(=O)N1CCCC1)C1CCC(CO)CC1.